The molecule has 1 aliphatic rings. The molecule has 3 N–H and O–H groups in total. The molecule has 2 unspecified atom stereocenters. The Bertz CT molecular complexity index is 439. The van der Waals surface area contributed by atoms with E-state index in [0.717, 1.165) is 12.2 Å². The lowest BCUT2D eigenvalue weighted by Crippen LogP contribution is -2.45. The summed E-state index contributed by atoms with van der Waals surface area (Å²) in [4.78, 5) is 13.3. The average molecular weight is 301 g/mol. The zero-order valence-corrected chi connectivity index (χ0v) is 12.9. The molecule has 0 saturated carbocycles. The molecule has 0 saturated heterocycles. The molecule has 2 atom stereocenters. The van der Waals surface area contributed by atoms with Crippen molar-refractivity contribution in [2.75, 3.05) is 5.75 Å². The molecule has 3 nitrogen and oxygen atoms in total. The molecule has 0 fully saturated rings. The molecule has 0 aromatic heterocycles. The number of thioether (sulfide) groups is 1. The number of nitrogens with two attached hydrogens (primary N) is 1. The summed E-state index contributed by atoms with van der Waals surface area (Å²) in [5, 5.41) is 3.08. The van der Waals surface area contributed by atoms with Crippen molar-refractivity contribution in [3.8, 4) is 0 Å². The maximum atomic E-state index is 12.0. The SMILES string of the molecule is CC(C)C(N)C(=O)NC1CCSc2ccccc21.Cl. The number of rotatable bonds is 3. The first-order chi connectivity index (χ1) is 8.59. The van der Waals surface area contributed by atoms with Crippen molar-refractivity contribution < 1.29 is 4.79 Å². The fraction of sp³-hybridized carbons (Fsp3) is 0.500. The Morgan fingerprint density at radius 1 is 1.42 bits per heavy atom. The summed E-state index contributed by atoms with van der Waals surface area (Å²) >= 11 is 1.85. The Kier molecular flexibility index (Phi) is 6.17. The van der Waals surface area contributed by atoms with Gasteiger partial charge in [0.15, 0.2) is 0 Å². The summed E-state index contributed by atoms with van der Waals surface area (Å²) in [5.74, 6) is 1.16. The second-order valence-electron chi connectivity index (χ2n) is 5.01. The van der Waals surface area contributed by atoms with Crippen LogP contribution < -0.4 is 11.1 Å². The molecule has 1 aliphatic heterocycles. The fourth-order valence-electron chi connectivity index (χ4n) is 2.06. The third-order valence-corrected chi connectivity index (χ3v) is 4.42. The first kappa shape index (κ1) is 16.3. The predicted octanol–water partition coefficient (Wildman–Crippen LogP) is 2.74. The molecule has 1 amide bonds. The molecule has 106 valence electrons. The van der Waals surface area contributed by atoms with Crippen LogP contribution in [0.5, 0.6) is 0 Å². The van der Waals surface area contributed by atoms with Gasteiger partial charge < -0.3 is 11.1 Å². The van der Waals surface area contributed by atoms with E-state index in [1.165, 1.54) is 10.5 Å². The number of hydrogen-bond acceptors (Lipinski definition) is 3. The van der Waals surface area contributed by atoms with Gasteiger partial charge in [0.25, 0.3) is 0 Å². The minimum atomic E-state index is -0.424. The highest BCUT2D eigenvalue weighted by Crippen LogP contribution is 2.35. The normalized spacial score (nSPS) is 19.3. The van der Waals surface area contributed by atoms with Crippen molar-refractivity contribution >= 4 is 30.1 Å². The summed E-state index contributed by atoms with van der Waals surface area (Å²) in [6, 6.07) is 7.95. The number of nitrogens with one attached hydrogen (secondary N) is 1. The highest BCUT2D eigenvalue weighted by molar-refractivity contribution is 7.99. The van der Waals surface area contributed by atoms with Gasteiger partial charge in [0, 0.05) is 10.6 Å². The van der Waals surface area contributed by atoms with Crippen LogP contribution in [0.15, 0.2) is 29.2 Å². The molecule has 1 heterocycles. The van der Waals surface area contributed by atoms with Gasteiger partial charge in [0.1, 0.15) is 0 Å². The molecule has 0 aliphatic carbocycles. The van der Waals surface area contributed by atoms with E-state index in [0.29, 0.717) is 0 Å². The zero-order chi connectivity index (χ0) is 13.1. The summed E-state index contributed by atoms with van der Waals surface area (Å²) < 4.78 is 0. The Labute approximate surface area is 125 Å². The van der Waals surface area contributed by atoms with Gasteiger partial charge in [0.05, 0.1) is 12.1 Å². The van der Waals surface area contributed by atoms with Gasteiger partial charge in [-0.3, -0.25) is 4.79 Å². The van der Waals surface area contributed by atoms with Gasteiger partial charge in [-0.05, 0) is 24.0 Å². The molecule has 0 spiro atoms. The van der Waals surface area contributed by atoms with Crippen LogP contribution in [0.2, 0.25) is 0 Å². The quantitative estimate of drug-likeness (QED) is 0.902. The van der Waals surface area contributed by atoms with Crippen LogP contribution in [0.4, 0.5) is 0 Å². The second kappa shape index (κ2) is 7.17. The highest BCUT2D eigenvalue weighted by Gasteiger charge is 2.25. The number of carbonyl (C=O) groups is 1. The molecule has 2 rings (SSSR count). The molecular formula is C14H21ClN2OS. The van der Waals surface area contributed by atoms with E-state index in [-0.39, 0.29) is 30.3 Å². The molecule has 0 radical (unpaired) electrons. The molecule has 1 aromatic rings. The molecule has 5 heteroatoms. The van der Waals surface area contributed by atoms with Crippen LogP contribution in [-0.2, 0) is 4.79 Å². The smallest absolute Gasteiger partial charge is 0.237 e. The summed E-state index contributed by atoms with van der Waals surface area (Å²) in [5.41, 5.74) is 7.10. The maximum absolute atomic E-state index is 12.0. The van der Waals surface area contributed by atoms with E-state index in [9.17, 15) is 4.79 Å². The Balaban J connectivity index is 0.00000180. The lowest BCUT2D eigenvalue weighted by molar-refractivity contribution is -0.124. The standard InChI is InChI=1S/C14H20N2OS.ClH/c1-9(2)13(15)14(17)16-11-7-8-18-12-6-4-3-5-10(11)12;/h3-6,9,11,13H,7-8,15H2,1-2H3,(H,16,17);1H. The van der Waals surface area contributed by atoms with Crippen molar-refractivity contribution in [3.05, 3.63) is 29.8 Å². The largest absolute Gasteiger partial charge is 0.348 e. The van der Waals surface area contributed by atoms with Crippen molar-refractivity contribution in [1.29, 1.82) is 0 Å². The highest BCUT2D eigenvalue weighted by atomic mass is 35.5. The number of halogens is 1. The Hall–Kier alpha value is -0.710. The van der Waals surface area contributed by atoms with Crippen LogP contribution in [0.1, 0.15) is 31.9 Å². The topological polar surface area (TPSA) is 55.1 Å². The van der Waals surface area contributed by atoms with Gasteiger partial charge in [-0.1, -0.05) is 32.0 Å². The third-order valence-electron chi connectivity index (χ3n) is 3.30. The lowest BCUT2D eigenvalue weighted by atomic mass is 10.0. The van der Waals surface area contributed by atoms with Crippen LogP contribution in [0, 0.1) is 5.92 Å². The first-order valence-corrected chi connectivity index (χ1v) is 7.36. The van der Waals surface area contributed by atoms with E-state index >= 15 is 0 Å². The van der Waals surface area contributed by atoms with Gasteiger partial charge in [-0.25, -0.2) is 0 Å². The number of benzene rings is 1. The van der Waals surface area contributed by atoms with E-state index in [2.05, 4.69) is 17.4 Å². The molecular weight excluding hydrogens is 280 g/mol. The summed E-state index contributed by atoms with van der Waals surface area (Å²) in [6.07, 6.45) is 0.970. The van der Waals surface area contributed by atoms with E-state index in [4.69, 9.17) is 5.73 Å². The minimum absolute atomic E-state index is 0. The van der Waals surface area contributed by atoms with E-state index < -0.39 is 6.04 Å². The van der Waals surface area contributed by atoms with Crippen LogP contribution in [-0.4, -0.2) is 17.7 Å². The van der Waals surface area contributed by atoms with Crippen molar-refractivity contribution in [3.63, 3.8) is 0 Å². The number of fused-ring (bicyclic) bond motifs is 1. The molecule has 0 bridgehead atoms. The van der Waals surface area contributed by atoms with E-state index in [1.807, 2.05) is 37.7 Å². The van der Waals surface area contributed by atoms with Gasteiger partial charge in [-0.2, -0.15) is 0 Å². The molecule has 19 heavy (non-hydrogen) atoms. The van der Waals surface area contributed by atoms with Crippen LogP contribution in [0.25, 0.3) is 0 Å². The summed E-state index contributed by atoms with van der Waals surface area (Å²) in [7, 11) is 0. The first-order valence-electron chi connectivity index (χ1n) is 6.37. The van der Waals surface area contributed by atoms with Crippen molar-refractivity contribution in [2.24, 2.45) is 11.7 Å². The average Bonchev–Trinajstić information content (AvgIpc) is 2.38. The van der Waals surface area contributed by atoms with Gasteiger partial charge in [0.2, 0.25) is 5.91 Å². The van der Waals surface area contributed by atoms with Crippen molar-refractivity contribution in [1.82, 2.24) is 5.32 Å². The second-order valence-corrected chi connectivity index (χ2v) is 6.14. The number of hydrogen-bond donors (Lipinski definition) is 2. The van der Waals surface area contributed by atoms with Gasteiger partial charge >= 0.3 is 0 Å². The van der Waals surface area contributed by atoms with Crippen LogP contribution in [0.3, 0.4) is 0 Å². The summed E-state index contributed by atoms with van der Waals surface area (Å²) in [6.45, 7) is 3.93. The maximum Gasteiger partial charge on any atom is 0.237 e. The Morgan fingerprint density at radius 2 is 2.11 bits per heavy atom. The third kappa shape index (κ3) is 3.88. The monoisotopic (exact) mass is 300 g/mol. The molecule has 1 aromatic carbocycles. The predicted molar refractivity (Wildman–Crippen MR) is 82.7 cm³/mol. The number of amides is 1. The lowest BCUT2D eigenvalue weighted by Gasteiger charge is -2.27. The Morgan fingerprint density at radius 3 is 2.79 bits per heavy atom. The van der Waals surface area contributed by atoms with Crippen LogP contribution >= 0.6 is 24.2 Å². The van der Waals surface area contributed by atoms with Crippen molar-refractivity contribution in [2.45, 2.75) is 37.2 Å². The fourth-order valence-corrected chi connectivity index (χ4v) is 3.19. The number of carbonyl (C=O) groups excluding carboxylic acids is 1. The zero-order valence-electron chi connectivity index (χ0n) is 11.3. The van der Waals surface area contributed by atoms with E-state index in [1.54, 1.807) is 0 Å². The minimum Gasteiger partial charge on any atom is -0.348 e. The van der Waals surface area contributed by atoms with Gasteiger partial charge in [-0.15, -0.1) is 24.2 Å².